The van der Waals surface area contributed by atoms with Crippen molar-refractivity contribution in [1.82, 2.24) is 9.29 Å². The van der Waals surface area contributed by atoms with Gasteiger partial charge in [0.25, 0.3) is 0 Å². The van der Waals surface area contributed by atoms with Crippen LogP contribution >= 0.6 is 11.6 Å². The highest BCUT2D eigenvalue weighted by molar-refractivity contribution is 7.89. The van der Waals surface area contributed by atoms with Gasteiger partial charge in [-0.05, 0) is 84.8 Å². The topological polar surface area (TPSA) is 76.3 Å². The van der Waals surface area contributed by atoms with Gasteiger partial charge in [0.15, 0.2) is 0 Å². The molecule has 2 heterocycles. The Morgan fingerprint density at radius 2 is 1.62 bits per heavy atom. The van der Waals surface area contributed by atoms with Gasteiger partial charge in [-0.3, -0.25) is 4.98 Å². The molecule has 2 aliphatic rings. The van der Waals surface area contributed by atoms with Crippen molar-refractivity contribution in [2.45, 2.75) is 30.6 Å². The van der Waals surface area contributed by atoms with E-state index in [0.29, 0.717) is 31.6 Å². The number of nitrogens with zero attached hydrogens (tertiary/aromatic N) is 2. The number of nitrogens with two attached hydrogens (primary N) is 1. The highest BCUT2D eigenvalue weighted by Gasteiger charge is 2.30. The van der Waals surface area contributed by atoms with Crippen LogP contribution in [0.3, 0.4) is 0 Å². The molecule has 0 bridgehead atoms. The molecule has 5 nitrogen and oxygen atoms in total. The third kappa shape index (κ3) is 3.83. The minimum absolute atomic E-state index is 0.282. The SMILES string of the molecule is Nc1ccc(S(=O)(=O)N2CCC(=C3c4ccc(Cl)cc4CCc4cccnc43)CC2)cc1. The molecule has 32 heavy (non-hydrogen) atoms. The Kier molecular flexibility index (Phi) is 5.53. The third-order valence-corrected chi connectivity index (χ3v) is 8.47. The zero-order valence-electron chi connectivity index (χ0n) is 17.6. The van der Waals surface area contributed by atoms with Crippen molar-refractivity contribution < 1.29 is 8.42 Å². The van der Waals surface area contributed by atoms with Crippen LogP contribution < -0.4 is 5.73 Å². The summed E-state index contributed by atoms with van der Waals surface area (Å²) in [5, 5.41) is 0.733. The van der Waals surface area contributed by atoms with Gasteiger partial charge in [0.1, 0.15) is 0 Å². The van der Waals surface area contributed by atoms with E-state index in [4.69, 9.17) is 22.3 Å². The Balaban J connectivity index is 1.52. The Labute approximate surface area is 193 Å². The second kappa shape index (κ2) is 8.35. The molecule has 3 aromatic rings. The van der Waals surface area contributed by atoms with E-state index in [1.165, 1.54) is 16.7 Å². The average Bonchev–Trinajstić information content (AvgIpc) is 2.96. The number of anilines is 1. The van der Waals surface area contributed by atoms with Gasteiger partial charge >= 0.3 is 0 Å². The summed E-state index contributed by atoms with van der Waals surface area (Å²) in [5.41, 5.74) is 13.3. The maximum Gasteiger partial charge on any atom is 0.243 e. The lowest BCUT2D eigenvalue weighted by atomic mass is 9.89. The third-order valence-electron chi connectivity index (χ3n) is 6.33. The summed E-state index contributed by atoms with van der Waals surface area (Å²) in [6.07, 6.45) is 4.98. The number of rotatable bonds is 2. The zero-order chi connectivity index (χ0) is 22.3. The lowest BCUT2D eigenvalue weighted by Crippen LogP contribution is -2.36. The summed E-state index contributed by atoms with van der Waals surface area (Å²) in [6.45, 7) is 0.882. The van der Waals surface area contributed by atoms with Crippen molar-refractivity contribution >= 4 is 32.9 Å². The van der Waals surface area contributed by atoms with Gasteiger partial charge in [-0.1, -0.05) is 29.3 Å². The number of hydrogen-bond acceptors (Lipinski definition) is 4. The first-order valence-electron chi connectivity index (χ1n) is 10.7. The maximum atomic E-state index is 13.1. The first kappa shape index (κ1) is 21.2. The summed E-state index contributed by atoms with van der Waals surface area (Å²) in [7, 11) is -3.54. The number of benzene rings is 2. The molecule has 0 saturated carbocycles. The number of hydrogen-bond donors (Lipinski definition) is 1. The Hall–Kier alpha value is -2.67. The number of halogens is 1. The largest absolute Gasteiger partial charge is 0.399 e. The molecule has 0 amide bonds. The minimum atomic E-state index is -3.54. The molecule has 1 aliphatic heterocycles. The van der Waals surface area contributed by atoms with Crippen LogP contribution in [0.25, 0.3) is 5.57 Å². The van der Waals surface area contributed by atoms with Gasteiger partial charge in [-0.15, -0.1) is 0 Å². The first-order chi connectivity index (χ1) is 15.4. The number of fused-ring (bicyclic) bond motifs is 2. The Bertz CT molecular complexity index is 1310. The smallest absolute Gasteiger partial charge is 0.243 e. The molecule has 0 spiro atoms. The molecule has 0 unspecified atom stereocenters. The van der Waals surface area contributed by atoms with Crippen LogP contribution in [0.15, 0.2) is 71.3 Å². The van der Waals surface area contributed by atoms with Crippen LogP contribution in [-0.2, 0) is 22.9 Å². The fraction of sp³-hybridized carbons (Fsp3) is 0.240. The van der Waals surface area contributed by atoms with E-state index < -0.39 is 10.0 Å². The molecular formula is C25H24ClN3O2S. The normalized spacial score (nSPS) is 16.9. The summed E-state index contributed by atoms with van der Waals surface area (Å²) >= 11 is 6.30. The number of sulfonamides is 1. The van der Waals surface area contributed by atoms with Crippen LogP contribution in [0.2, 0.25) is 5.02 Å². The molecule has 1 aliphatic carbocycles. The summed E-state index contributed by atoms with van der Waals surface area (Å²) in [4.78, 5) is 5.03. The number of pyridine rings is 1. The molecule has 1 fully saturated rings. The van der Waals surface area contributed by atoms with Crippen LogP contribution in [0.5, 0.6) is 0 Å². The molecule has 2 aromatic carbocycles. The first-order valence-corrected chi connectivity index (χ1v) is 12.6. The van der Waals surface area contributed by atoms with Crippen molar-refractivity contribution in [3.05, 3.63) is 93.8 Å². The highest BCUT2D eigenvalue weighted by Crippen LogP contribution is 2.39. The van der Waals surface area contributed by atoms with Gasteiger partial charge in [0.05, 0.1) is 10.6 Å². The molecule has 5 rings (SSSR count). The maximum absolute atomic E-state index is 13.1. The predicted octanol–water partition coefficient (Wildman–Crippen LogP) is 4.70. The van der Waals surface area contributed by atoms with Crippen LogP contribution in [0.1, 0.15) is 35.2 Å². The minimum Gasteiger partial charge on any atom is -0.399 e. The summed E-state index contributed by atoms with van der Waals surface area (Å²) in [6, 6.07) is 16.6. The quantitative estimate of drug-likeness (QED) is 0.556. The van der Waals surface area contributed by atoms with E-state index in [1.807, 2.05) is 24.4 Å². The molecular weight excluding hydrogens is 442 g/mol. The lowest BCUT2D eigenvalue weighted by Gasteiger charge is -2.29. The van der Waals surface area contributed by atoms with Gasteiger partial charge < -0.3 is 5.73 Å². The van der Waals surface area contributed by atoms with Gasteiger partial charge in [-0.2, -0.15) is 4.31 Å². The number of aryl methyl sites for hydroxylation is 2. The number of piperidine rings is 1. The fourth-order valence-corrected chi connectivity index (χ4v) is 6.30. The van der Waals surface area contributed by atoms with Crippen molar-refractivity contribution in [2.24, 2.45) is 0 Å². The second-order valence-corrected chi connectivity index (χ2v) is 10.6. The van der Waals surface area contributed by atoms with E-state index >= 15 is 0 Å². The van der Waals surface area contributed by atoms with Crippen molar-refractivity contribution in [3.8, 4) is 0 Å². The molecule has 2 N–H and O–H groups in total. The molecule has 164 valence electrons. The molecule has 0 radical (unpaired) electrons. The van der Waals surface area contributed by atoms with E-state index in [9.17, 15) is 8.42 Å². The average molecular weight is 466 g/mol. The van der Waals surface area contributed by atoms with E-state index in [0.717, 1.165) is 34.7 Å². The Morgan fingerprint density at radius 3 is 2.38 bits per heavy atom. The fourth-order valence-electron chi connectivity index (χ4n) is 4.67. The summed E-state index contributed by atoms with van der Waals surface area (Å²) < 4.78 is 27.8. The van der Waals surface area contributed by atoms with Gasteiger partial charge in [0.2, 0.25) is 10.0 Å². The van der Waals surface area contributed by atoms with E-state index in [2.05, 4.69) is 12.1 Å². The highest BCUT2D eigenvalue weighted by atomic mass is 35.5. The van der Waals surface area contributed by atoms with Crippen molar-refractivity contribution in [3.63, 3.8) is 0 Å². The predicted molar refractivity (Wildman–Crippen MR) is 128 cm³/mol. The van der Waals surface area contributed by atoms with E-state index in [1.54, 1.807) is 28.6 Å². The summed E-state index contributed by atoms with van der Waals surface area (Å²) in [5.74, 6) is 0. The van der Waals surface area contributed by atoms with Gasteiger partial charge in [-0.25, -0.2) is 8.42 Å². The van der Waals surface area contributed by atoms with Crippen molar-refractivity contribution in [1.29, 1.82) is 0 Å². The van der Waals surface area contributed by atoms with Crippen LogP contribution in [0, 0.1) is 0 Å². The molecule has 0 atom stereocenters. The standard InChI is InChI=1S/C25H24ClN3O2S/c26-20-5-10-23-19(16-20)4-3-18-2-1-13-28-25(18)24(23)17-11-14-29(15-12-17)32(30,31)22-8-6-21(27)7-9-22/h1-2,5-10,13,16H,3-4,11-12,14-15,27H2. The molecule has 1 aromatic heterocycles. The van der Waals surface area contributed by atoms with Crippen LogP contribution in [0.4, 0.5) is 5.69 Å². The number of nitrogen functional groups attached to an aromatic ring is 1. The van der Waals surface area contributed by atoms with Crippen LogP contribution in [-0.4, -0.2) is 30.8 Å². The monoisotopic (exact) mass is 465 g/mol. The lowest BCUT2D eigenvalue weighted by molar-refractivity contribution is 0.387. The molecule has 1 saturated heterocycles. The molecule has 7 heteroatoms. The number of aromatic nitrogens is 1. The second-order valence-electron chi connectivity index (χ2n) is 8.26. The van der Waals surface area contributed by atoms with Crippen molar-refractivity contribution in [2.75, 3.05) is 18.8 Å². The Morgan fingerprint density at radius 1 is 0.906 bits per heavy atom. The van der Waals surface area contributed by atoms with E-state index in [-0.39, 0.29) is 4.90 Å². The van der Waals surface area contributed by atoms with Gasteiger partial charge in [0, 0.05) is 35.6 Å². The zero-order valence-corrected chi connectivity index (χ0v) is 19.2.